The average Bonchev–Trinajstić information content (AvgIpc) is 2.90. The molecule has 134 valence electrons. The maximum atomic E-state index is 12.9. The molecule has 0 spiro atoms. The third kappa shape index (κ3) is 2.82. The highest BCUT2D eigenvalue weighted by Gasteiger charge is 2.57. The van der Waals surface area contributed by atoms with Gasteiger partial charge in [-0.05, 0) is 50.7 Å². The Morgan fingerprint density at radius 2 is 1.88 bits per heavy atom. The first-order valence-electron chi connectivity index (χ1n) is 8.44. The van der Waals surface area contributed by atoms with Gasteiger partial charge in [0, 0.05) is 23.9 Å². The van der Waals surface area contributed by atoms with Crippen LogP contribution in [0.15, 0.2) is 18.3 Å². The molecule has 0 aliphatic heterocycles. The van der Waals surface area contributed by atoms with Crippen LogP contribution in [0.2, 0.25) is 0 Å². The summed E-state index contributed by atoms with van der Waals surface area (Å²) in [4.78, 5) is 6.94. The van der Waals surface area contributed by atoms with E-state index in [9.17, 15) is 18.3 Å². The van der Waals surface area contributed by atoms with E-state index < -0.39 is 12.0 Å². The number of aliphatic hydroxyl groups is 1. The molecule has 2 aliphatic rings. The predicted molar refractivity (Wildman–Crippen MR) is 83.6 cm³/mol. The lowest BCUT2D eigenvalue weighted by Crippen LogP contribution is -2.11. The van der Waals surface area contributed by atoms with Crippen LogP contribution in [-0.2, 0) is 6.18 Å². The molecule has 0 radical (unpaired) electrons. The molecule has 0 bridgehead atoms. The minimum Gasteiger partial charge on any atom is -0.393 e. The molecule has 0 saturated heterocycles. The molecule has 2 aromatic heterocycles. The summed E-state index contributed by atoms with van der Waals surface area (Å²) in [5, 5.41) is 14.2. The third-order valence-corrected chi connectivity index (χ3v) is 5.19. The van der Waals surface area contributed by atoms with Crippen molar-refractivity contribution in [2.45, 2.75) is 50.9 Å². The summed E-state index contributed by atoms with van der Waals surface area (Å²) in [5.41, 5.74) is 1.63. The van der Waals surface area contributed by atoms with Gasteiger partial charge in [-0.15, -0.1) is 0 Å². The van der Waals surface area contributed by atoms with Crippen LogP contribution in [0.5, 0.6) is 0 Å². The number of alkyl halides is 3. The second-order valence-electron chi connectivity index (χ2n) is 7.23. The van der Waals surface area contributed by atoms with Gasteiger partial charge >= 0.3 is 6.18 Å². The summed E-state index contributed by atoms with van der Waals surface area (Å²) in [6.07, 6.45) is -2.11. The molecular weight excluding hydrogens is 333 g/mol. The van der Waals surface area contributed by atoms with Crippen LogP contribution in [0.3, 0.4) is 0 Å². The van der Waals surface area contributed by atoms with Gasteiger partial charge in [-0.2, -0.15) is 18.3 Å². The fourth-order valence-electron chi connectivity index (χ4n) is 4.09. The molecule has 1 N–H and O–H groups in total. The van der Waals surface area contributed by atoms with E-state index in [-0.39, 0.29) is 17.8 Å². The molecule has 2 aliphatic carbocycles. The van der Waals surface area contributed by atoms with Crippen molar-refractivity contribution in [1.29, 1.82) is 0 Å². The van der Waals surface area contributed by atoms with Crippen molar-refractivity contribution in [3.8, 4) is 11.4 Å². The third-order valence-electron chi connectivity index (χ3n) is 5.19. The highest BCUT2D eigenvalue weighted by molar-refractivity contribution is 5.55. The largest absolute Gasteiger partial charge is 0.451 e. The Morgan fingerprint density at radius 3 is 2.48 bits per heavy atom. The van der Waals surface area contributed by atoms with Gasteiger partial charge < -0.3 is 5.11 Å². The zero-order chi connectivity index (χ0) is 17.9. The average molecular weight is 352 g/mol. The van der Waals surface area contributed by atoms with E-state index in [1.165, 1.54) is 6.07 Å². The van der Waals surface area contributed by atoms with Gasteiger partial charge in [0.25, 0.3) is 0 Å². The summed E-state index contributed by atoms with van der Waals surface area (Å²) >= 11 is 0. The molecule has 2 saturated carbocycles. The Kier molecular flexibility index (Phi) is 3.64. The normalized spacial score (nSPS) is 28.4. The van der Waals surface area contributed by atoms with Crippen LogP contribution in [0.4, 0.5) is 13.2 Å². The fourth-order valence-corrected chi connectivity index (χ4v) is 4.09. The summed E-state index contributed by atoms with van der Waals surface area (Å²) in [6.45, 7) is 3.99. The Hall–Kier alpha value is -1.96. The molecule has 2 aromatic rings. The first-order chi connectivity index (χ1) is 11.8. The number of nitrogens with zero attached hydrogens (tertiary/aromatic N) is 4. The number of fused-ring (bicyclic) bond motifs is 1. The van der Waals surface area contributed by atoms with Crippen LogP contribution in [0, 0.1) is 11.8 Å². The molecular formula is C17H19F3N4O. The van der Waals surface area contributed by atoms with Crippen molar-refractivity contribution in [3.63, 3.8) is 0 Å². The standard InChI is InChI=1S/C17H19F3N4O/c1-8(2)24-14(15-10-5-9(25)6-11(10)15)7-13(23-24)12-3-4-21-16(22-12)17(18,19)20/h3-4,7-11,15,25H,5-6H2,1-2H3. The van der Waals surface area contributed by atoms with Crippen molar-refractivity contribution in [2.24, 2.45) is 11.8 Å². The first-order valence-corrected chi connectivity index (χ1v) is 8.44. The van der Waals surface area contributed by atoms with E-state index in [0.29, 0.717) is 23.4 Å². The van der Waals surface area contributed by atoms with Crippen molar-refractivity contribution in [3.05, 3.63) is 29.8 Å². The smallest absolute Gasteiger partial charge is 0.393 e. The molecule has 2 heterocycles. The van der Waals surface area contributed by atoms with Crippen molar-refractivity contribution in [1.82, 2.24) is 19.7 Å². The van der Waals surface area contributed by atoms with Gasteiger partial charge in [0.2, 0.25) is 5.82 Å². The van der Waals surface area contributed by atoms with E-state index in [2.05, 4.69) is 15.1 Å². The second-order valence-corrected chi connectivity index (χ2v) is 7.23. The maximum Gasteiger partial charge on any atom is 0.451 e. The lowest BCUT2D eigenvalue weighted by atomic mass is 10.1. The number of rotatable bonds is 3. The number of aromatic nitrogens is 4. The quantitative estimate of drug-likeness (QED) is 0.919. The van der Waals surface area contributed by atoms with Crippen LogP contribution < -0.4 is 0 Å². The fraction of sp³-hybridized carbons (Fsp3) is 0.588. The van der Waals surface area contributed by atoms with Crippen molar-refractivity contribution < 1.29 is 18.3 Å². The van der Waals surface area contributed by atoms with Gasteiger partial charge in [-0.25, -0.2) is 9.97 Å². The van der Waals surface area contributed by atoms with Crippen LogP contribution >= 0.6 is 0 Å². The Labute approximate surface area is 142 Å². The van der Waals surface area contributed by atoms with Crippen LogP contribution in [-0.4, -0.2) is 31.0 Å². The van der Waals surface area contributed by atoms with E-state index >= 15 is 0 Å². The highest BCUT2D eigenvalue weighted by atomic mass is 19.4. The molecule has 2 atom stereocenters. The number of halogens is 3. The Balaban J connectivity index is 1.69. The maximum absolute atomic E-state index is 12.9. The highest BCUT2D eigenvalue weighted by Crippen LogP contribution is 2.63. The van der Waals surface area contributed by atoms with Gasteiger partial charge in [0.05, 0.1) is 11.8 Å². The van der Waals surface area contributed by atoms with E-state index in [4.69, 9.17) is 0 Å². The number of aliphatic hydroxyl groups excluding tert-OH is 1. The van der Waals surface area contributed by atoms with Gasteiger partial charge in [-0.1, -0.05) is 0 Å². The molecule has 2 fully saturated rings. The molecule has 25 heavy (non-hydrogen) atoms. The zero-order valence-corrected chi connectivity index (χ0v) is 13.9. The summed E-state index contributed by atoms with van der Waals surface area (Å²) in [5.74, 6) is 0.0782. The van der Waals surface area contributed by atoms with Gasteiger partial charge in [0.1, 0.15) is 5.69 Å². The summed E-state index contributed by atoms with van der Waals surface area (Å²) < 4.78 is 40.4. The molecule has 5 nitrogen and oxygen atoms in total. The Bertz CT molecular complexity index is 789. The SMILES string of the molecule is CC(C)n1nc(-c2ccnc(C(F)(F)F)n2)cc1C1C2CC(O)CC21. The van der Waals surface area contributed by atoms with Gasteiger partial charge in [-0.3, -0.25) is 4.68 Å². The summed E-state index contributed by atoms with van der Waals surface area (Å²) in [6, 6.07) is 3.39. The molecule has 0 aromatic carbocycles. The zero-order valence-electron chi connectivity index (χ0n) is 13.9. The van der Waals surface area contributed by atoms with Crippen LogP contribution in [0.25, 0.3) is 11.4 Å². The number of hydrogen-bond acceptors (Lipinski definition) is 4. The molecule has 2 unspecified atom stereocenters. The first kappa shape index (κ1) is 16.5. The van der Waals surface area contributed by atoms with Crippen molar-refractivity contribution in [2.75, 3.05) is 0 Å². The molecule has 4 rings (SSSR count). The molecule has 8 heteroatoms. The Morgan fingerprint density at radius 1 is 1.20 bits per heavy atom. The lowest BCUT2D eigenvalue weighted by Gasteiger charge is -2.13. The van der Waals surface area contributed by atoms with Gasteiger partial charge in [0.15, 0.2) is 0 Å². The predicted octanol–water partition coefficient (Wildman–Crippen LogP) is 3.42. The van der Waals surface area contributed by atoms with E-state index in [1.807, 2.05) is 24.6 Å². The monoisotopic (exact) mass is 352 g/mol. The van der Waals surface area contributed by atoms with Crippen molar-refractivity contribution >= 4 is 0 Å². The lowest BCUT2D eigenvalue weighted by molar-refractivity contribution is -0.144. The topological polar surface area (TPSA) is 63.8 Å². The minimum atomic E-state index is -4.58. The van der Waals surface area contributed by atoms with Crippen LogP contribution in [0.1, 0.15) is 50.2 Å². The summed E-state index contributed by atoms with van der Waals surface area (Å²) in [7, 11) is 0. The second kappa shape index (κ2) is 5.52. The number of hydrogen-bond donors (Lipinski definition) is 1. The molecule has 0 amide bonds. The van der Waals surface area contributed by atoms with E-state index in [1.54, 1.807) is 0 Å². The van der Waals surface area contributed by atoms with E-state index in [0.717, 1.165) is 24.7 Å². The minimum absolute atomic E-state index is 0.0962.